The predicted octanol–water partition coefficient (Wildman–Crippen LogP) is 1.32. The van der Waals surface area contributed by atoms with Crippen LogP contribution in [0, 0.1) is 23.0 Å². The third-order valence-corrected chi connectivity index (χ3v) is 7.01. The van der Waals surface area contributed by atoms with Crippen LogP contribution in [0.3, 0.4) is 0 Å². The van der Waals surface area contributed by atoms with Crippen LogP contribution in [0.1, 0.15) is 31.2 Å². The third kappa shape index (κ3) is 4.91. The Balaban J connectivity index is 1.62. The Morgan fingerprint density at radius 2 is 1.97 bits per heavy atom. The highest BCUT2D eigenvalue weighted by molar-refractivity contribution is 7.89. The van der Waals surface area contributed by atoms with Crippen LogP contribution in [0.5, 0.6) is 0 Å². The molecule has 1 heterocycles. The second-order valence-corrected chi connectivity index (χ2v) is 9.23. The van der Waals surface area contributed by atoms with Crippen molar-refractivity contribution in [3.05, 3.63) is 33.9 Å². The van der Waals surface area contributed by atoms with E-state index in [2.05, 4.69) is 5.32 Å². The lowest BCUT2D eigenvalue weighted by molar-refractivity contribution is -0.497. The highest BCUT2D eigenvalue weighted by Gasteiger charge is 2.54. The molecular formula is C18H23N3O7S. The van der Waals surface area contributed by atoms with E-state index in [0.29, 0.717) is 24.3 Å². The first-order chi connectivity index (χ1) is 13.7. The number of nitrogens with one attached hydrogen (secondary N) is 1. The molecule has 1 aromatic carbocycles. The Labute approximate surface area is 168 Å². The van der Waals surface area contributed by atoms with Gasteiger partial charge in [0.25, 0.3) is 5.91 Å². The summed E-state index contributed by atoms with van der Waals surface area (Å²) in [6.45, 7) is 2.06. The van der Waals surface area contributed by atoms with Crippen LogP contribution in [0.4, 0.5) is 5.69 Å². The number of amides is 1. The summed E-state index contributed by atoms with van der Waals surface area (Å²) in [5.41, 5.74) is 0.955. The highest BCUT2D eigenvalue weighted by Crippen LogP contribution is 2.34. The van der Waals surface area contributed by atoms with Crippen molar-refractivity contribution >= 4 is 27.6 Å². The largest absolute Gasteiger partial charge is 0.455 e. The third-order valence-electron chi connectivity index (χ3n) is 5.11. The highest BCUT2D eigenvalue weighted by atomic mass is 32.2. The van der Waals surface area contributed by atoms with Crippen molar-refractivity contribution in [1.82, 2.24) is 4.31 Å². The fourth-order valence-corrected chi connectivity index (χ4v) is 4.79. The van der Waals surface area contributed by atoms with Gasteiger partial charge in [-0.05, 0) is 37.5 Å². The summed E-state index contributed by atoms with van der Waals surface area (Å²) < 4.78 is 31.9. The second kappa shape index (κ2) is 8.46. The molecular weight excluding hydrogens is 402 g/mol. The molecule has 2 unspecified atom stereocenters. The average Bonchev–Trinajstić information content (AvgIpc) is 3.50. The Kier molecular flexibility index (Phi) is 6.18. The molecule has 2 atom stereocenters. The zero-order chi connectivity index (χ0) is 21.2. The lowest BCUT2D eigenvalue weighted by Gasteiger charge is -2.26. The summed E-state index contributed by atoms with van der Waals surface area (Å²) in [6, 6.07) is 3.55. The number of ether oxygens (including phenoxy) is 1. The van der Waals surface area contributed by atoms with E-state index in [0.717, 1.165) is 19.3 Å². The molecule has 1 aliphatic carbocycles. The summed E-state index contributed by atoms with van der Waals surface area (Å²) >= 11 is 0. The van der Waals surface area contributed by atoms with E-state index in [-0.39, 0.29) is 11.3 Å². The summed E-state index contributed by atoms with van der Waals surface area (Å²) in [5.74, 6) is -2.23. The number of aryl methyl sites for hydroxylation is 1. The van der Waals surface area contributed by atoms with Gasteiger partial charge in [-0.25, -0.2) is 8.42 Å². The number of carbonyl (C=O) groups is 2. The molecule has 0 radical (unpaired) electrons. The first-order valence-corrected chi connectivity index (χ1v) is 10.8. The molecule has 0 spiro atoms. The van der Waals surface area contributed by atoms with Crippen molar-refractivity contribution in [3.63, 3.8) is 0 Å². The summed E-state index contributed by atoms with van der Waals surface area (Å²) in [5, 5.41) is 13.1. The number of hydrogen-bond acceptors (Lipinski definition) is 7. The van der Waals surface area contributed by atoms with Crippen molar-refractivity contribution in [3.8, 4) is 0 Å². The van der Waals surface area contributed by atoms with E-state index in [1.807, 2.05) is 0 Å². The summed E-state index contributed by atoms with van der Waals surface area (Å²) in [4.78, 5) is 34.0. The van der Waals surface area contributed by atoms with Crippen LogP contribution < -0.4 is 5.32 Å². The molecule has 1 amide bonds. The molecule has 0 aromatic heterocycles. The first-order valence-electron chi connectivity index (χ1n) is 9.41. The molecule has 1 saturated heterocycles. The number of rotatable bonds is 7. The number of piperidine rings is 1. The molecule has 1 saturated carbocycles. The van der Waals surface area contributed by atoms with Gasteiger partial charge >= 0.3 is 5.97 Å². The molecule has 11 heteroatoms. The second-order valence-electron chi connectivity index (χ2n) is 7.29. The fourth-order valence-electron chi connectivity index (χ4n) is 3.25. The van der Waals surface area contributed by atoms with Gasteiger partial charge in [-0.3, -0.25) is 19.7 Å². The predicted molar refractivity (Wildman–Crippen MR) is 102 cm³/mol. The topological polar surface area (TPSA) is 136 Å². The van der Waals surface area contributed by atoms with E-state index in [1.165, 1.54) is 16.4 Å². The Hall–Kier alpha value is -2.53. The van der Waals surface area contributed by atoms with Crippen LogP contribution in [-0.2, 0) is 24.3 Å². The van der Waals surface area contributed by atoms with E-state index >= 15 is 0 Å². The maximum Gasteiger partial charge on any atom is 0.316 e. The minimum Gasteiger partial charge on any atom is -0.455 e. The van der Waals surface area contributed by atoms with Gasteiger partial charge in [0.1, 0.15) is 5.92 Å². The van der Waals surface area contributed by atoms with Crippen LogP contribution >= 0.6 is 0 Å². The van der Waals surface area contributed by atoms with E-state index in [4.69, 9.17) is 4.74 Å². The van der Waals surface area contributed by atoms with Gasteiger partial charge in [0.2, 0.25) is 16.1 Å². The number of benzene rings is 1. The van der Waals surface area contributed by atoms with Crippen molar-refractivity contribution in [1.29, 1.82) is 0 Å². The van der Waals surface area contributed by atoms with E-state index in [9.17, 15) is 28.1 Å². The molecule has 1 N–H and O–H groups in total. The number of sulfonamides is 1. The van der Waals surface area contributed by atoms with Crippen LogP contribution in [0.25, 0.3) is 0 Å². The SMILES string of the molecule is Cc1ccc(S(=O)(=O)N2CCCCC2)cc1NC(=O)COC(=O)C1CC1[N+](=O)[O-]. The van der Waals surface area contributed by atoms with Crippen molar-refractivity contribution in [2.75, 3.05) is 25.0 Å². The number of nitrogens with zero attached hydrogens (tertiary/aromatic N) is 2. The standard InChI is InChI=1S/C18H23N3O7S/c1-12-5-6-13(29(26,27)20-7-3-2-4-8-20)9-15(12)19-17(22)11-28-18(23)14-10-16(14)21(24)25/h5-6,9,14,16H,2-4,7-8,10-11H2,1H3,(H,19,22). The smallest absolute Gasteiger partial charge is 0.316 e. The fraction of sp³-hybridized carbons (Fsp3) is 0.556. The van der Waals surface area contributed by atoms with Crippen LogP contribution in [-0.4, -0.2) is 55.3 Å². The molecule has 158 valence electrons. The van der Waals surface area contributed by atoms with Gasteiger partial charge in [-0.15, -0.1) is 0 Å². The Morgan fingerprint density at radius 3 is 2.59 bits per heavy atom. The van der Waals surface area contributed by atoms with Gasteiger partial charge in [-0.2, -0.15) is 4.31 Å². The zero-order valence-electron chi connectivity index (χ0n) is 16.0. The van der Waals surface area contributed by atoms with E-state index in [1.54, 1.807) is 13.0 Å². The van der Waals surface area contributed by atoms with Gasteiger partial charge in [0, 0.05) is 30.1 Å². The van der Waals surface area contributed by atoms with Crippen LogP contribution in [0.15, 0.2) is 23.1 Å². The molecule has 2 aliphatic rings. The molecule has 3 rings (SSSR count). The molecule has 10 nitrogen and oxygen atoms in total. The minimum absolute atomic E-state index is 0.0871. The Bertz CT molecular complexity index is 925. The monoisotopic (exact) mass is 425 g/mol. The quantitative estimate of drug-likeness (QED) is 0.395. The molecule has 1 aromatic rings. The molecule has 29 heavy (non-hydrogen) atoms. The number of esters is 1. The maximum absolute atomic E-state index is 12.8. The number of carbonyl (C=O) groups excluding carboxylic acids is 2. The van der Waals surface area contributed by atoms with Gasteiger partial charge < -0.3 is 10.1 Å². The number of hydrogen-bond donors (Lipinski definition) is 1. The van der Waals surface area contributed by atoms with Gasteiger partial charge in [0.05, 0.1) is 4.90 Å². The minimum atomic E-state index is -3.65. The molecule has 0 bridgehead atoms. The lowest BCUT2D eigenvalue weighted by atomic mass is 10.2. The average molecular weight is 425 g/mol. The van der Waals surface area contributed by atoms with Crippen LogP contribution in [0.2, 0.25) is 0 Å². The van der Waals surface area contributed by atoms with Gasteiger partial charge in [0.15, 0.2) is 6.61 Å². The molecule has 1 aliphatic heterocycles. The number of anilines is 1. The molecule has 2 fully saturated rings. The maximum atomic E-state index is 12.8. The van der Waals surface area contributed by atoms with Gasteiger partial charge in [-0.1, -0.05) is 12.5 Å². The first kappa shape index (κ1) is 21.2. The van der Waals surface area contributed by atoms with Crippen molar-refractivity contribution < 1.29 is 27.7 Å². The summed E-state index contributed by atoms with van der Waals surface area (Å²) in [6.07, 6.45) is 2.75. The lowest BCUT2D eigenvalue weighted by Crippen LogP contribution is -2.35. The summed E-state index contributed by atoms with van der Waals surface area (Å²) in [7, 11) is -3.65. The normalized spacial score (nSPS) is 22.0. The van der Waals surface area contributed by atoms with Crippen molar-refractivity contribution in [2.24, 2.45) is 5.92 Å². The van der Waals surface area contributed by atoms with E-state index < -0.39 is 45.4 Å². The Morgan fingerprint density at radius 1 is 1.28 bits per heavy atom. The number of nitro groups is 1. The zero-order valence-corrected chi connectivity index (χ0v) is 16.8. The van der Waals surface area contributed by atoms with Crippen molar-refractivity contribution in [2.45, 2.75) is 43.5 Å².